The van der Waals surface area contributed by atoms with Crippen molar-refractivity contribution in [2.75, 3.05) is 13.7 Å². The topological polar surface area (TPSA) is 62.7 Å². The molecule has 0 bridgehead atoms. The molecule has 116 valence electrons. The predicted octanol–water partition coefficient (Wildman–Crippen LogP) is 1.92. The van der Waals surface area contributed by atoms with Crippen molar-refractivity contribution in [1.82, 2.24) is 9.88 Å². The molecule has 1 N–H and O–H groups in total. The molecule has 1 saturated heterocycles. The Kier molecular flexibility index (Phi) is 4.52. The minimum atomic E-state index is -0.488. The number of ether oxygens (including phenoxy) is 1. The molecule has 22 heavy (non-hydrogen) atoms. The van der Waals surface area contributed by atoms with E-state index < -0.39 is 6.10 Å². The second-order valence-electron chi connectivity index (χ2n) is 5.34. The van der Waals surface area contributed by atoms with Gasteiger partial charge in [-0.05, 0) is 5.56 Å². The summed E-state index contributed by atoms with van der Waals surface area (Å²) in [4.78, 5) is 19.3. The molecule has 0 amide bonds. The quantitative estimate of drug-likeness (QED) is 0.873. The van der Waals surface area contributed by atoms with Crippen LogP contribution in [0.3, 0.4) is 0 Å². The normalized spacial score (nSPS) is 21.9. The molecular weight excluding hydrogens is 300 g/mol. The maximum atomic E-state index is 11.8. The van der Waals surface area contributed by atoms with Gasteiger partial charge in [0.1, 0.15) is 11.0 Å². The molecule has 0 radical (unpaired) electrons. The number of methoxy groups -OCH3 is 1. The molecule has 2 atom stereocenters. The third-order valence-electron chi connectivity index (χ3n) is 3.80. The van der Waals surface area contributed by atoms with E-state index >= 15 is 0 Å². The molecule has 5 nitrogen and oxygen atoms in total. The van der Waals surface area contributed by atoms with Gasteiger partial charge in [-0.25, -0.2) is 4.98 Å². The molecule has 2 aromatic rings. The van der Waals surface area contributed by atoms with E-state index in [4.69, 9.17) is 4.74 Å². The zero-order valence-corrected chi connectivity index (χ0v) is 13.1. The molecule has 1 aliphatic heterocycles. The molecular formula is C16H18N2O3S. The van der Waals surface area contributed by atoms with Gasteiger partial charge in [0.2, 0.25) is 0 Å². The van der Waals surface area contributed by atoms with E-state index in [1.165, 1.54) is 7.11 Å². The van der Waals surface area contributed by atoms with E-state index in [0.29, 0.717) is 19.5 Å². The summed E-state index contributed by atoms with van der Waals surface area (Å²) in [5, 5.41) is 10.7. The third kappa shape index (κ3) is 3.19. The van der Waals surface area contributed by atoms with Gasteiger partial charge in [-0.15, -0.1) is 11.3 Å². The molecule has 0 aliphatic carbocycles. The molecule has 6 heteroatoms. The fraction of sp³-hybridized carbons (Fsp3) is 0.375. The van der Waals surface area contributed by atoms with Crippen LogP contribution in [-0.4, -0.2) is 46.8 Å². The standard InChI is InChI=1S/C16H18N2O3S/c1-21-16(20)13-7-12(19)9-18(13)10-15-17-8-14(22-15)11-5-3-2-4-6-11/h2-6,8,12-13,19H,7,9-10H2,1H3/t12-,13-/m0/s1. The number of rotatable bonds is 4. The molecule has 1 fully saturated rings. The zero-order chi connectivity index (χ0) is 15.5. The van der Waals surface area contributed by atoms with Gasteiger partial charge in [0, 0.05) is 19.2 Å². The van der Waals surface area contributed by atoms with Crippen molar-refractivity contribution in [1.29, 1.82) is 0 Å². The molecule has 1 aromatic carbocycles. The SMILES string of the molecule is COC(=O)[C@@H]1C[C@H](O)CN1Cc1ncc(-c2ccccc2)s1. The predicted molar refractivity (Wildman–Crippen MR) is 84.4 cm³/mol. The second-order valence-corrected chi connectivity index (χ2v) is 6.46. The second kappa shape index (κ2) is 6.56. The van der Waals surface area contributed by atoms with Crippen molar-refractivity contribution in [3.8, 4) is 10.4 Å². The van der Waals surface area contributed by atoms with Crippen LogP contribution >= 0.6 is 11.3 Å². The number of carbonyl (C=O) groups excluding carboxylic acids is 1. The summed E-state index contributed by atoms with van der Waals surface area (Å²) < 4.78 is 4.82. The molecule has 2 heterocycles. The minimum Gasteiger partial charge on any atom is -0.468 e. The fourth-order valence-corrected chi connectivity index (χ4v) is 3.68. The number of aliphatic hydroxyl groups is 1. The van der Waals surface area contributed by atoms with Gasteiger partial charge in [-0.2, -0.15) is 0 Å². The molecule has 0 unspecified atom stereocenters. The average molecular weight is 318 g/mol. The number of hydrogen-bond acceptors (Lipinski definition) is 6. The number of aliphatic hydroxyl groups excluding tert-OH is 1. The summed E-state index contributed by atoms with van der Waals surface area (Å²) in [6.07, 6.45) is 1.79. The Morgan fingerprint density at radius 2 is 2.23 bits per heavy atom. The van der Waals surface area contributed by atoms with E-state index in [0.717, 1.165) is 15.4 Å². The van der Waals surface area contributed by atoms with Crippen molar-refractivity contribution < 1.29 is 14.6 Å². The number of aromatic nitrogens is 1. The lowest BCUT2D eigenvalue weighted by molar-refractivity contribution is -0.146. The lowest BCUT2D eigenvalue weighted by Crippen LogP contribution is -2.36. The number of nitrogens with zero attached hydrogens (tertiary/aromatic N) is 2. The van der Waals surface area contributed by atoms with Crippen LogP contribution in [0.25, 0.3) is 10.4 Å². The third-order valence-corrected chi connectivity index (χ3v) is 4.84. The van der Waals surface area contributed by atoms with Crippen LogP contribution in [0, 0.1) is 0 Å². The van der Waals surface area contributed by atoms with Crippen molar-refractivity contribution in [2.24, 2.45) is 0 Å². The number of esters is 1. The van der Waals surface area contributed by atoms with Crippen LogP contribution in [0.4, 0.5) is 0 Å². The number of thiazole rings is 1. The highest BCUT2D eigenvalue weighted by Gasteiger charge is 2.37. The fourth-order valence-electron chi connectivity index (χ4n) is 2.73. The highest BCUT2D eigenvalue weighted by Crippen LogP contribution is 2.28. The Labute approximate surface area is 133 Å². The van der Waals surface area contributed by atoms with Crippen LogP contribution in [0.15, 0.2) is 36.5 Å². The van der Waals surface area contributed by atoms with Gasteiger partial charge in [-0.1, -0.05) is 30.3 Å². The molecule has 1 aromatic heterocycles. The summed E-state index contributed by atoms with van der Waals surface area (Å²) in [6, 6.07) is 9.70. The maximum absolute atomic E-state index is 11.8. The van der Waals surface area contributed by atoms with Crippen molar-refractivity contribution in [2.45, 2.75) is 25.1 Å². The molecule has 0 saturated carbocycles. The number of hydrogen-bond donors (Lipinski definition) is 1. The minimum absolute atomic E-state index is 0.295. The Balaban J connectivity index is 1.73. The first-order valence-corrected chi connectivity index (χ1v) is 7.99. The number of carbonyl (C=O) groups is 1. The highest BCUT2D eigenvalue weighted by molar-refractivity contribution is 7.15. The first kappa shape index (κ1) is 15.1. The highest BCUT2D eigenvalue weighted by atomic mass is 32.1. The Morgan fingerprint density at radius 3 is 2.95 bits per heavy atom. The van der Waals surface area contributed by atoms with Crippen LogP contribution in [0.1, 0.15) is 11.4 Å². The zero-order valence-electron chi connectivity index (χ0n) is 12.3. The van der Waals surface area contributed by atoms with Crippen LogP contribution in [-0.2, 0) is 16.1 Å². The van der Waals surface area contributed by atoms with Crippen LogP contribution in [0.2, 0.25) is 0 Å². The summed E-state index contributed by atoms with van der Waals surface area (Å²) in [5.74, 6) is -0.295. The molecule has 0 spiro atoms. The van der Waals surface area contributed by atoms with E-state index in [1.54, 1.807) is 11.3 Å². The van der Waals surface area contributed by atoms with Gasteiger partial charge < -0.3 is 9.84 Å². The van der Waals surface area contributed by atoms with Gasteiger partial charge in [0.05, 0.1) is 24.6 Å². The number of β-amino-alcohol motifs (C(OH)–C–C–N with tert-alkyl or cyclic N) is 1. The van der Waals surface area contributed by atoms with E-state index in [2.05, 4.69) is 4.98 Å². The Bertz CT molecular complexity index is 644. The number of benzene rings is 1. The Hall–Kier alpha value is -1.76. The van der Waals surface area contributed by atoms with Crippen molar-refractivity contribution in [3.63, 3.8) is 0 Å². The molecule has 1 aliphatic rings. The summed E-state index contributed by atoms with van der Waals surface area (Å²) >= 11 is 1.61. The molecule has 3 rings (SSSR count). The van der Waals surface area contributed by atoms with Gasteiger partial charge in [0.25, 0.3) is 0 Å². The van der Waals surface area contributed by atoms with Gasteiger partial charge >= 0.3 is 5.97 Å². The van der Waals surface area contributed by atoms with Crippen molar-refractivity contribution >= 4 is 17.3 Å². The van der Waals surface area contributed by atoms with E-state index in [-0.39, 0.29) is 12.0 Å². The van der Waals surface area contributed by atoms with Crippen molar-refractivity contribution in [3.05, 3.63) is 41.5 Å². The summed E-state index contributed by atoms with van der Waals surface area (Å²) in [5.41, 5.74) is 1.14. The largest absolute Gasteiger partial charge is 0.468 e. The number of likely N-dealkylation sites (tertiary alicyclic amines) is 1. The smallest absolute Gasteiger partial charge is 0.323 e. The maximum Gasteiger partial charge on any atom is 0.323 e. The summed E-state index contributed by atoms with van der Waals surface area (Å²) in [6.45, 7) is 1.02. The summed E-state index contributed by atoms with van der Waals surface area (Å²) in [7, 11) is 1.38. The monoisotopic (exact) mass is 318 g/mol. The van der Waals surface area contributed by atoms with Crippen LogP contribution < -0.4 is 0 Å². The lowest BCUT2D eigenvalue weighted by atomic mass is 10.2. The lowest BCUT2D eigenvalue weighted by Gasteiger charge is -2.20. The first-order valence-electron chi connectivity index (χ1n) is 7.17. The van der Waals surface area contributed by atoms with Gasteiger partial charge in [0.15, 0.2) is 0 Å². The average Bonchev–Trinajstić information content (AvgIpc) is 3.14. The first-order chi connectivity index (χ1) is 10.7. The van der Waals surface area contributed by atoms with E-state index in [9.17, 15) is 9.90 Å². The Morgan fingerprint density at radius 1 is 1.45 bits per heavy atom. The van der Waals surface area contributed by atoms with E-state index in [1.807, 2.05) is 41.4 Å². The van der Waals surface area contributed by atoms with Crippen LogP contribution in [0.5, 0.6) is 0 Å². The van der Waals surface area contributed by atoms with Gasteiger partial charge in [-0.3, -0.25) is 9.69 Å².